The van der Waals surface area contributed by atoms with Crippen molar-refractivity contribution in [3.63, 3.8) is 0 Å². The lowest BCUT2D eigenvalue weighted by Gasteiger charge is -2.40. The summed E-state index contributed by atoms with van der Waals surface area (Å²) in [6.07, 6.45) is 3.10. The third-order valence-electron chi connectivity index (χ3n) is 4.41. The van der Waals surface area contributed by atoms with Crippen molar-refractivity contribution in [2.45, 2.75) is 4.90 Å². The molecule has 0 saturated carbocycles. The lowest BCUT2D eigenvalue weighted by Crippen LogP contribution is -2.19. The highest BCUT2D eigenvalue weighted by molar-refractivity contribution is 8.45. The number of nitrogens with one attached hydrogen (secondary N) is 1. The number of aliphatic imine (C=N–C) groups is 1. The summed E-state index contributed by atoms with van der Waals surface area (Å²) in [5.74, 6) is 0.353. The van der Waals surface area contributed by atoms with E-state index in [0.717, 1.165) is 17.7 Å². The van der Waals surface area contributed by atoms with Crippen LogP contribution in [-0.2, 0) is 0 Å². The molecule has 0 fully saturated rings. The second-order valence-electron chi connectivity index (χ2n) is 7.01. The van der Waals surface area contributed by atoms with Crippen molar-refractivity contribution in [1.82, 2.24) is 9.88 Å². The highest BCUT2D eigenvalue weighted by atomic mass is 32.5. The Morgan fingerprint density at radius 1 is 1.00 bits per heavy atom. The van der Waals surface area contributed by atoms with Crippen LogP contribution in [0.2, 0.25) is 0 Å². The first-order valence-electron chi connectivity index (χ1n) is 9.38. The zero-order valence-electron chi connectivity index (χ0n) is 16.9. The van der Waals surface area contributed by atoms with Crippen molar-refractivity contribution in [3.8, 4) is 11.1 Å². The van der Waals surface area contributed by atoms with Crippen LogP contribution in [0.5, 0.6) is 0 Å². The monoisotopic (exact) mass is 472 g/mol. The molecule has 0 bridgehead atoms. The molecule has 3 aromatic rings. The SMILES string of the molecule is CN(/C=N\c1ccc(-c2cccnc2Nc2ccc(S(F)(F)(F)(F)F)cc2)cc1)CCO. The van der Waals surface area contributed by atoms with Gasteiger partial charge in [0.25, 0.3) is 0 Å². The number of benzene rings is 2. The van der Waals surface area contributed by atoms with Crippen LogP contribution < -0.4 is 5.32 Å². The molecule has 3 rings (SSSR count). The largest absolute Gasteiger partial charge is 0.395 e. The Morgan fingerprint density at radius 3 is 2.25 bits per heavy atom. The van der Waals surface area contributed by atoms with Gasteiger partial charge in [0.05, 0.1) is 18.6 Å². The van der Waals surface area contributed by atoms with Gasteiger partial charge in [-0.25, -0.2) is 9.98 Å². The Kier molecular flexibility index (Phi) is 5.92. The van der Waals surface area contributed by atoms with Crippen LogP contribution >= 0.6 is 10.2 Å². The molecule has 0 aliphatic rings. The number of likely N-dealkylation sites (N-methyl/N-ethyl adjacent to an activating group) is 1. The number of pyridine rings is 1. The van der Waals surface area contributed by atoms with Gasteiger partial charge in [-0.2, -0.15) is 0 Å². The molecule has 32 heavy (non-hydrogen) atoms. The van der Waals surface area contributed by atoms with Crippen LogP contribution in [0.1, 0.15) is 0 Å². The average Bonchev–Trinajstić information content (AvgIpc) is 2.72. The van der Waals surface area contributed by atoms with Crippen LogP contribution in [-0.4, -0.2) is 41.5 Å². The van der Waals surface area contributed by atoms with Gasteiger partial charge >= 0.3 is 10.2 Å². The van der Waals surface area contributed by atoms with Gasteiger partial charge in [-0.15, -0.1) is 0 Å². The minimum absolute atomic E-state index is 0.0148. The number of hydrogen-bond acceptors (Lipinski definition) is 4. The van der Waals surface area contributed by atoms with Gasteiger partial charge < -0.3 is 15.3 Å². The first kappa shape index (κ1) is 23.5. The second kappa shape index (κ2) is 8.06. The van der Waals surface area contributed by atoms with Crippen LogP contribution in [0.3, 0.4) is 0 Å². The van der Waals surface area contributed by atoms with Gasteiger partial charge in [-0.3, -0.25) is 0 Å². The van der Waals surface area contributed by atoms with Gasteiger partial charge in [0.1, 0.15) is 10.7 Å². The molecule has 0 radical (unpaired) electrons. The fourth-order valence-electron chi connectivity index (χ4n) is 2.78. The molecule has 0 aliphatic heterocycles. The van der Waals surface area contributed by atoms with E-state index in [4.69, 9.17) is 5.11 Å². The first-order valence-corrected chi connectivity index (χ1v) is 11.3. The fourth-order valence-corrected chi connectivity index (χ4v) is 3.43. The summed E-state index contributed by atoms with van der Waals surface area (Å²) in [5, 5.41) is 11.8. The molecule has 0 saturated heterocycles. The molecule has 11 heteroatoms. The van der Waals surface area contributed by atoms with Crippen molar-refractivity contribution in [2.24, 2.45) is 4.99 Å². The minimum Gasteiger partial charge on any atom is -0.395 e. The molecule has 1 aromatic heterocycles. The molecule has 0 aliphatic carbocycles. The predicted molar refractivity (Wildman–Crippen MR) is 119 cm³/mol. The maximum atomic E-state index is 12.9. The number of hydrogen-bond donors (Lipinski definition) is 2. The number of rotatable bonds is 8. The highest BCUT2D eigenvalue weighted by Crippen LogP contribution is 3.02. The zero-order chi connectivity index (χ0) is 23.5. The summed E-state index contributed by atoms with van der Waals surface area (Å²) in [4.78, 5) is 8.30. The lowest BCUT2D eigenvalue weighted by atomic mass is 10.1. The molecule has 1 heterocycles. The lowest BCUT2D eigenvalue weighted by molar-refractivity contribution is 0.266. The predicted octanol–water partition coefficient (Wildman–Crippen LogP) is 6.73. The Labute approximate surface area is 182 Å². The number of halogens is 5. The molecule has 0 spiro atoms. The van der Waals surface area contributed by atoms with Gasteiger partial charge in [-0.05, 0) is 54.1 Å². The summed E-state index contributed by atoms with van der Waals surface area (Å²) >= 11 is 0. The molecule has 2 aromatic carbocycles. The van der Waals surface area contributed by atoms with Crippen LogP contribution in [0.4, 0.5) is 36.6 Å². The van der Waals surface area contributed by atoms with E-state index < -0.39 is 15.1 Å². The number of anilines is 2. The van der Waals surface area contributed by atoms with E-state index in [1.165, 1.54) is 6.20 Å². The van der Waals surface area contributed by atoms with Gasteiger partial charge in [-0.1, -0.05) is 31.6 Å². The van der Waals surface area contributed by atoms with Gasteiger partial charge in [0, 0.05) is 31.0 Å². The molecule has 0 atom stereocenters. The maximum Gasteiger partial charge on any atom is 0.310 e. The fraction of sp³-hybridized carbons (Fsp3) is 0.143. The van der Waals surface area contributed by atoms with E-state index in [2.05, 4.69) is 15.3 Å². The third-order valence-corrected chi connectivity index (χ3v) is 5.57. The van der Waals surface area contributed by atoms with Crippen molar-refractivity contribution < 1.29 is 24.5 Å². The van der Waals surface area contributed by atoms with E-state index in [1.807, 2.05) is 0 Å². The highest BCUT2D eigenvalue weighted by Gasteiger charge is 2.65. The van der Waals surface area contributed by atoms with Crippen molar-refractivity contribution in [1.29, 1.82) is 0 Å². The van der Waals surface area contributed by atoms with E-state index >= 15 is 0 Å². The van der Waals surface area contributed by atoms with E-state index in [1.54, 1.807) is 54.7 Å². The molecule has 0 amide bonds. The molecular formula is C21H21F5N4OS. The molecule has 0 unspecified atom stereocenters. The standard InChI is InChI=1S/C21H21F5N4OS/c1-30(13-14-31)15-28-17-6-4-16(5-7-17)20-3-2-12-27-21(20)29-18-8-10-19(11-9-18)32(22,23,24,25)26/h2-12,15,31H,13-14H2,1H3,(H,27,29)/b28-15-. The van der Waals surface area contributed by atoms with Gasteiger partial charge in [0.15, 0.2) is 0 Å². The summed E-state index contributed by atoms with van der Waals surface area (Å²) < 4.78 is 64.5. The number of aliphatic hydroxyl groups excluding tert-OH is 1. The third kappa shape index (κ3) is 6.17. The summed E-state index contributed by atoms with van der Waals surface area (Å²) in [5.41, 5.74) is 2.30. The van der Waals surface area contributed by atoms with E-state index in [9.17, 15) is 19.4 Å². The topological polar surface area (TPSA) is 60.8 Å². The Bertz CT molecular complexity index is 1100. The minimum atomic E-state index is -9.72. The Morgan fingerprint density at radius 2 is 1.66 bits per heavy atom. The smallest absolute Gasteiger partial charge is 0.310 e. The van der Waals surface area contributed by atoms with Crippen molar-refractivity contribution in [3.05, 3.63) is 66.9 Å². The number of nitrogens with zero attached hydrogens (tertiary/aromatic N) is 3. The summed E-state index contributed by atoms with van der Waals surface area (Å²) in [6.45, 7) is 0.469. The normalized spacial score (nSPS) is 14.1. The Balaban J connectivity index is 1.81. The second-order valence-corrected chi connectivity index (χ2v) is 9.42. The Hall–Kier alpha value is -3.18. The van der Waals surface area contributed by atoms with E-state index in [-0.39, 0.29) is 12.3 Å². The molecule has 5 nitrogen and oxygen atoms in total. The van der Waals surface area contributed by atoms with Crippen LogP contribution in [0.25, 0.3) is 11.1 Å². The number of aliphatic hydroxyl groups is 1. The average molecular weight is 472 g/mol. The van der Waals surface area contributed by atoms with E-state index in [0.29, 0.717) is 35.7 Å². The molecule has 172 valence electrons. The molecule has 2 N–H and O–H groups in total. The molecular weight excluding hydrogens is 451 g/mol. The summed E-state index contributed by atoms with van der Waals surface area (Å²) in [6, 6.07) is 13.2. The van der Waals surface area contributed by atoms with Crippen LogP contribution in [0, 0.1) is 0 Å². The van der Waals surface area contributed by atoms with Crippen LogP contribution in [0.15, 0.2) is 76.7 Å². The van der Waals surface area contributed by atoms with Crippen molar-refractivity contribution in [2.75, 3.05) is 25.5 Å². The summed E-state index contributed by atoms with van der Waals surface area (Å²) in [7, 11) is -7.93. The van der Waals surface area contributed by atoms with Crippen molar-refractivity contribution >= 4 is 33.8 Å². The van der Waals surface area contributed by atoms with Gasteiger partial charge in [0.2, 0.25) is 0 Å². The zero-order valence-corrected chi connectivity index (χ0v) is 17.7. The number of aromatic nitrogens is 1. The quantitative estimate of drug-likeness (QED) is 0.217. The first-order chi connectivity index (χ1) is 14.9. The maximum absolute atomic E-state index is 12.9.